The molecule has 18 heavy (non-hydrogen) atoms. The monoisotopic (exact) mass is 265 g/mol. The average Bonchev–Trinajstić information content (AvgIpc) is 3.11. The molecule has 0 N–H and O–H groups in total. The average molecular weight is 266 g/mol. The van der Waals surface area contributed by atoms with Gasteiger partial charge in [-0.15, -0.1) is 5.10 Å². The van der Waals surface area contributed by atoms with E-state index < -0.39 is 0 Å². The highest BCUT2D eigenvalue weighted by atomic mass is 35.5. The zero-order valence-corrected chi connectivity index (χ0v) is 10.8. The molecule has 94 valence electrons. The molecule has 1 heterocycles. The first-order valence-corrected chi connectivity index (χ1v) is 6.48. The van der Waals surface area contributed by atoms with Crippen molar-refractivity contribution in [3.8, 4) is 5.69 Å². The van der Waals surface area contributed by atoms with Crippen molar-refractivity contribution in [3.63, 3.8) is 0 Å². The lowest BCUT2D eigenvalue weighted by atomic mass is 10.1. The van der Waals surface area contributed by atoms with Gasteiger partial charge in [0, 0.05) is 11.5 Å². The number of nitrogens with zero attached hydrogens (tertiary/aromatic N) is 3. The van der Waals surface area contributed by atoms with E-state index in [1.54, 1.807) is 16.8 Å². The van der Waals surface area contributed by atoms with Gasteiger partial charge in [0.1, 0.15) is 5.82 Å². The fraction of sp³-hybridized carbons (Fsp3) is 0.385. The molecule has 1 fully saturated rings. The van der Waals surface area contributed by atoms with Gasteiger partial charge >= 0.3 is 0 Å². The van der Waals surface area contributed by atoms with E-state index >= 15 is 0 Å². The normalized spacial score (nSPS) is 15.1. The van der Waals surface area contributed by atoms with Gasteiger partial charge in [-0.1, -0.05) is 23.7 Å². The topological polar surface area (TPSA) is 30.7 Å². The predicted molar refractivity (Wildman–Crippen MR) is 67.7 cm³/mol. The molecule has 0 saturated heterocycles. The van der Waals surface area contributed by atoms with E-state index in [-0.39, 0.29) is 10.8 Å². The molecule has 5 heteroatoms. The Bertz CT molecular complexity index is 590. The van der Waals surface area contributed by atoms with Crippen molar-refractivity contribution in [1.82, 2.24) is 15.0 Å². The van der Waals surface area contributed by atoms with Crippen LogP contribution in [0.2, 0.25) is 5.02 Å². The molecule has 1 aromatic carbocycles. The highest BCUT2D eigenvalue weighted by Gasteiger charge is 2.27. The summed E-state index contributed by atoms with van der Waals surface area (Å²) in [5.41, 5.74) is 2.29. The molecule has 3 nitrogen and oxygen atoms in total. The maximum Gasteiger partial charge on any atom is 0.147 e. The van der Waals surface area contributed by atoms with E-state index in [1.165, 1.54) is 12.8 Å². The lowest BCUT2D eigenvalue weighted by molar-refractivity contribution is 0.608. The molecule has 2 aromatic rings. The van der Waals surface area contributed by atoms with Gasteiger partial charge in [-0.05, 0) is 31.4 Å². The molecule has 1 aromatic heterocycles. The number of hydrogen-bond acceptors (Lipinski definition) is 2. The summed E-state index contributed by atoms with van der Waals surface area (Å²) in [7, 11) is 0. The number of benzene rings is 1. The third kappa shape index (κ3) is 1.90. The van der Waals surface area contributed by atoms with Crippen LogP contribution in [0.1, 0.15) is 36.9 Å². The SMILES string of the molecule is CCc1c(-n2cc(C3CC3)nn2)ccc(Cl)c1F. The second-order valence-corrected chi connectivity index (χ2v) is 4.98. The smallest absolute Gasteiger partial charge is 0.147 e. The zero-order chi connectivity index (χ0) is 12.7. The Labute approximate surface area is 110 Å². The molecule has 0 spiro atoms. The molecule has 1 aliphatic rings. The summed E-state index contributed by atoms with van der Waals surface area (Å²) in [6.45, 7) is 1.90. The summed E-state index contributed by atoms with van der Waals surface area (Å²) in [6.07, 6.45) is 4.81. The fourth-order valence-electron chi connectivity index (χ4n) is 2.09. The van der Waals surface area contributed by atoms with Gasteiger partial charge < -0.3 is 0 Å². The lowest BCUT2D eigenvalue weighted by Gasteiger charge is -2.09. The minimum absolute atomic E-state index is 0.151. The van der Waals surface area contributed by atoms with Crippen molar-refractivity contribution in [1.29, 1.82) is 0 Å². The molecule has 0 atom stereocenters. The van der Waals surface area contributed by atoms with Crippen molar-refractivity contribution in [3.05, 3.63) is 40.4 Å². The second kappa shape index (κ2) is 4.35. The van der Waals surface area contributed by atoms with Crippen LogP contribution in [-0.4, -0.2) is 15.0 Å². The third-order valence-electron chi connectivity index (χ3n) is 3.28. The maximum absolute atomic E-state index is 13.9. The number of aromatic nitrogens is 3. The first-order chi connectivity index (χ1) is 8.70. The second-order valence-electron chi connectivity index (χ2n) is 4.57. The van der Waals surface area contributed by atoms with Gasteiger partial charge in [0.05, 0.1) is 22.6 Å². The van der Waals surface area contributed by atoms with Crippen LogP contribution in [0.25, 0.3) is 5.69 Å². The van der Waals surface area contributed by atoms with E-state index in [4.69, 9.17) is 11.6 Å². The van der Waals surface area contributed by atoms with E-state index in [0.29, 0.717) is 17.9 Å². The van der Waals surface area contributed by atoms with Gasteiger partial charge in [0.15, 0.2) is 0 Å². The molecule has 0 bridgehead atoms. The van der Waals surface area contributed by atoms with Crippen molar-refractivity contribution in [2.24, 2.45) is 0 Å². The van der Waals surface area contributed by atoms with Crippen molar-refractivity contribution < 1.29 is 4.39 Å². The summed E-state index contributed by atoms with van der Waals surface area (Å²) in [4.78, 5) is 0. The highest BCUT2D eigenvalue weighted by Crippen LogP contribution is 2.39. The van der Waals surface area contributed by atoms with Crippen molar-refractivity contribution >= 4 is 11.6 Å². The van der Waals surface area contributed by atoms with Gasteiger partial charge in [-0.3, -0.25) is 0 Å². The quantitative estimate of drug-likeness (QED) is 0.850. The van der Waals surface area contributed by atoms with Gasteiger partial charge in [0.25, 0.3) is 0 Å². The fourth-order valence-corrected chi connectivity index (χ4v) is 2.27. The standard InChI is InChI=1S/C13H13ClFN3/c1-2-9-12(6-5-10(14)13(9)15)18-7-11(16-17-18)8-3-4-8/h5-8H,2-4H2,1H3. The summed E-state index contributed by atoms with van der Waals surface area (Å²) < 4.78 is 15.6. The molecule has 0 unspecified atom stereocenters. The molecule has 1 aliphatic carbocycles. The lowest BCUT2D eigenvalue weighted by Crippen LogP contribution is -2.03. The van der Waals surface area contributed by atoms with Crippen LogP contribution < -0.4 is 0 Å². The van der Waals surface area contributed by atoms with E-state index in [2.05, 4.69) is 10.3 Å². The van der Waals surface area contributed by atoms with Gasteiger partial charge in [-0.25, -0.2) is 9.07 Å². The van der Waals surface area contributed by atoms with Gasteiger partial charge in [-0.2, -0.15) is 0 Å². The molecular weight excluding hydrogens is 253 g/mol. The molecule has 0 aliphatic heterocycles. The Kier molecular flexibility index (Phi) is 2.82. The van der Waals surface area contributed by atoms with E-state index in [0.717, 1.165) is 11.4 Å². The molecule has 0 radical (unpaired) electrons. The van der Waals surface area contributed by atoms with E-state index in [1.807, 2.05) is 13.1 Å². The van der Waals surface area contributed by atoms with Crippen molar-refractivity contribution in [2.45, 2.75) is 32.1 Å². The van der Waals surface area contributed by atoms with Crippen LogP contribution >= 0.6 is 11.6 Å². The summed E-state index contributed by atoms with van der Waals surface area (Å²) in [6, 6.07) is 3.35. The van der Waals surface area contributed by atoms with Crippen LogP contribution in [-0.2, 0) is 6.42 Å². The Morgan fingerprint density at radius 2 is 2.22 bits per heavy atom. The zero-order valence-electron chi connectivity index (χ0n) is 10.0. The van der Waals surface area contributed by atoms with Crippen LogP contribution in [0, 0.1) is 5.82 Å². The number of rotatable bonds is 3. The van der Waals surface area contributed by atoms with Crippen LogP contribution in [0.4, 0.5) is 4.39 Å². The molecule has 3 rings (SSSR count). The molecular formula is C13H13ClFN3. The minimum Gasteiger partial charge on any atom is -0.220 e. The Morgan fingerprint density at radius 3 is 2.89 bits per heavy atom. The highest BCUT2D eigenvalue weighted by molar-refractivity contribution is 6.30. The van der Waals surface area contributed by atoms with Crippen molar-refractivity contribution in [2.75, 3.05) is 0 Å². The Balaban J connectivity index is 2.06. The minimum atomic E-state index is -0.361. The van der Waals surface area contributed by atoms with Crippen LogP contribution in [0.5, 0.6) is 0 Å². The Hall–Kier alpha value is -1.42. The predicted octanol–water partition coefficient (Wildman–Crippen LogP) is 3.50. The summed E-state index contributed by atoms with van der Waals surface area (Å²) >= 11 is 5.80. The summed E-state index contributed by atoms with van der Waals surface area (Å²) in [5.74, 6) is 0.182. The maximum atomic E-state index is 13.9. The first kappa shape index (κ1) is 11.7. The molecule has 0 amide bonds. The Morgan fingerprint density at radius 1 is 1.44 bits per heavy atom. The van der Waals surface area contributed by atoms with Gasteiger partial charge in [0.2, 0.25) is 0 Å². The number of hydrogen-bond donors (Lipinski definition) is 0. The number of halogens is 2. The summed E-state index contributed by atoms with van der Waals surface area (Å²) in [5, 5.41) is 8.37. The van der Waals surface area contributed by atoms with E-state index in [9.17, 15) is 4.39 Å². The largest absolute Gasteiger partial charge is 0.220 e. The van der Waals surface area contributed by atoms with Crippen LogP contribution in [0.3, 0.4) is 0 Å². The third-order valence-corrected chi connectivity index (χ3v) is 3.57. The van der Waals surface area contributed by atoms with Crippen LogP contribution in [0.15, 0.2) is 18.3 Å². The molecule has 1 saturated carbocycles. The first-order valence-electron chi connectivity index (χ1n) is 6.10.